The number of ether oxygens (including phenoxy) is 2. The number of rotatable bonds is 23. The molecule has 14 nitrogen and oxygen atoms in total. The quantitative estimate of drug-likeness (QED) is 0.0156. The summed E-state index contributed by atoms with van der Waals surface area (Å²) in [5.74, 6) is 1.05. The number of allylic oxidation sites excluding steroid dienone is 1. The predicted molar refractivity (Wildman–Crippen MR) is 325 cm³/mol. The van der Waals surface area contributed by atoms with Gasteiger partial charge < -0.3 is 47.1 Å². The molecule has 0 radical (unpaired) electrons. The monoisotopic (exact) mass is 1070 g/mol. The van der Waals surface area contributed by atoms with E-state index in [1.165, 1.54) is 0 Å². The molecule has 7 aromatic carbocycles. The maximum atomic E-state index is 13.0. The predicted octanol–water partition coefficient (Wildman–Crippen LogP) is 12.2. The Labute approximate surface area is 468 Å². The van der Waals surface area contributed by atoms with Crippen molar-refractivity contribution in [1.29, 1.82) is 0 Å². The first-order valence-corrected chi connectivity index (χ1v) is 27.8. The van der Waals surface area contributed by atoms with Crippen LogP contribution >= 0.6 is 0 Å². The van der Waals surface area contributed by atoms with Gasteiger partial charge in [0, 0.05) is 90.8 Å². The number of benzene rings is 7. The summed E-state index contributed by atoms with van der Waals surface area (Å²) in [4.78, 5) is 38.4. The highest BCUT2D eigenvalue weighted by Crippen LogP contribution is 2.46. The third kappa shape index (κ3) is 12.2. The molecule has 80 heavy (non-hydrogen) atoms. The van der Waals surface area contributed by atoms with Crippen molar-refractivity contribution in [1.82, 2.24) is 20.9 Å². The minimum atomic E-state index is -0.0942. The fourth-order valence-corrected chi connectivity index (χ4v) is 10.6. The largest absolute Gasteiger partial charge is 0.495 e. The van der Waals surface area contributed by atoms with Gasteiger partial charge in [-0.3, -0.25) is 9.59 Å². The van der Waals surface area contributed by atoms with Gasteiger partial charge in [0.25, 0.3) is 11.8 Å². The Balaban J connectivity index is 0.616. The maximum Gasteiger partial charge on any atom is 0.251 e. The lowest BCUT2D eigenvalue weighted by atomic mass is 9.94. The van der Waals surface area contributed by atoms with E-state index in [1.807, 2.05) is 109 Å². The van der Waals surface area contributed by atoms with E-state index >= 15 is 0 Å². The number of aliphatic imine (C=N–C) groups is 1. The second kappa shape index (κ2) is 25.1. The number of aromatic nitrogens is 2. The average molecular weight is 1070 g/mol. The third-order valence-electron chi connectivity index (χ3n) is 15.0. The first-order chi connectivity index (χ1) is 39.1. The Hall–Kier alpha value is -9.17. The Bertz CT molecular complexity index is 3620. The van der Waals surface area contributed by atoms with E-state index in [-0.39, 0.29) is 17.9 Å². The standard InChI is InChI=1S/C66H70N10O4/c1-43-35-55-61(75(49-19-11-9-12-20-49)59-37-51(67)63(79-3)41-57(59)73-55)39-53(43)69-31-15-5-7-17-33-71-65(77)47-27-23-45(24-28-47)46-25-29-48(30-26-46)66(78)72-34-18-8-6-16-32-70-54-40-62-56(36-44(54)2)74-58-42-64(80-4)52(68)38-60(58)76(62)50-21-13-10-14-22-50/h9-14,19-30,35-42,61,69H,5-8,15-18,31-34,67H2,1-4H3,(H4,68,70,71,72,77,78)/p+1. The lowest BCUT2D eigenvalue weighted by Crippen LogP contribution is -2.41. The molecule has 2 amide bonds. The molecule has 1 atom stereocenters. The smallest absolute Gasteiger partial charge is 0.251 e. The Kier molecular flexibility index (Phi) is 17.0. The minimum absolute atomic E-state index is 0.0812. The van der Waals surface area contributed by atoms with Crippen LogP contribution < -0.4 is 51.7 Å². The summed E-state index contributed by atoms with van der Waals surface area (Å²) >= 11 is 0. The van der Waals surface area contributed by atoms with Crippen molar-refractivity contribution in [2.75, 3.05) is 62.1 Å². The van der Waals surface area contributed by atoms with Gasteiger partial charge in [-0.05, 0) is 122 Å². The van der Waals surface area contributed by atoms with Crippen LogP contribution in [0.3, 0.4) is 0 Å². The SMILES string of the molecule is COc1cc2c(cc1N)N(c1ccccc1)C1C=C(NCCCCCCNC(=O)c3ccc(-c4ccc(C(=O)NCCCCCCNc5cc6c(cc5C)nc5cc(OC)c(N)cc5[n+]6-c5ccccc5)cc4)cc3)C(C)=CC1=N2. The van der Waals surface area contributed by atoms with Crippen LogP contribution in [0.1, 0.15) is 84.6 Å². The van der Waals surface area contributed by atoms with Crippen molar-refractivity contribution in [3.63, 3.8) is 0 Å². The molecule has 0 bridgehead atoms. The molecule has 8 aromatic rings. The molecule has 10 rings (SSSR count). The number of nitrogens with one attached hydrogen (secondary N) is 4. The van der Waals surface area contributed by atoms with Gasteiger partial charge in [0.15, 0.2) is 0 Å². The lowest BCUT2D eigenvalue weighted by Gasteiger charge is -2.38. The molecular formula is C66H71N10O4+. The molecule has 14 heteroatoms. The molecule has 0 spiro atoms. The van der Waals surface area contributed by atoms with Gasteiger partial charge in [-0.1, -0.05) is 86.3 Å². The number of nitrogens with two attached hydrogens (primary N) is 2. The van der Waals surface area contributed by atoms with E-state index in [2.05, 4.69) is 93.1 Å². The number of hydrogen-bond acceptors (Lipinski definition) is 11. The van der Waals surface area contributed by atoms with Crippen molar-refractivity contribution in [2.24, 2.45) is 4.99 Å². The highest BCUT2D eigenvalue weighted by molar-refractivity contribution is 6.11. The Morgan fingerprint density at radius 1 is 0.600 bits per heavy atom. The highest BCUT2D eigenvalue weighted by atomic mass is 16.5. The van der Waals surface area contributed by atoms with E-state index < -0.39 is 0 Å². The van der Waals surface area contributed by atoms with Crippen molar-refractivity contribution < 1.29 is 23.6 Å². The second-order valence-corrected chi connectivity index (χ2v) is 20.5. The number of hydrogen-bond donors (Lipinski definition) is 6. The molecule has 0 fully saturated rings. The van der Waals surface area contributed by atoms with Crippen LogP contribution in [0.5, 0.6) is 11.5 Å². The van der Waals surface area contributed by atoms with Gasteiger partial charge in [0.05, 0.1) is 48.7 Å². The van der Waals surface area contributed by atoms with Crippen molar-refractivity contribution in [3.8, 4) is 28.3 Å². The van der Waals surface area contributed by atoms with Crippen LogP contribution in [0, 0.1) is 6.92 Å². The molecular weight excluding hydrogens is 997 g/mol. The summed E-state index contributed by atoms with van der Waals surface area (Å²) in [7, 11) is 3.24. The second-order valence-electron chi connectivity index (χ2n) is 20.5. The molecule has 8 N–H and O–H groups in total. The number of para-hydroxylation sites is 2. The molecule has 2 aliphatic rings. The van der Waals surface area contributed by atoms with Crippen LogP contribution in [0.15, 0.2) is 174 Å². The summed E-state index contributed by atoms with van der Waals surface area (Å²) in [6.45, 7) is 7.13. The summed E-state index contributed by atoms with van der Waals surface area (Å²) in [5.41, 5.74) is 29.9. The van der Waals surface area contributed by atoms with E-state index in [4.69, 9.17) is 30.9 Å². The number of fused-ring (bicyclic) bond motifs is 4. The average Bonchev–Trinajstić information content (AvgIpc) is 3.57. The number of amides is 2. The lowest BCUT2D eigenvalue weighted by molar-refractivity contribution is -0.538. The first kappa shape index (κ1) is 54.2. The first-order valence-electron chi connectivity index (χ1n) is 27.8. The van der Waals surface area contributed by atoms with Gasteiger partial charge in [0.1, 0.15) is 22.5 Å². The molecule has 2 heterocycles. The Morgan fingerprint density at radius 3 is 1.75 bits per heavy atom. The molecule has 1 aliphatic heterocycles. The van der Waals surface area contributed by atoms with E-state index in [1.54, 1.807) is 14.2 Å². The van der Waals surface area contributed by atoms with Gasteiger partial charge in [0.2, 0.25) is 16.7 Å². The van der Waals surface area contributed by atoms with Crippen LogP contribution in [0.2, 0.25) is 0 Å². The van der Waals surface area contributed by atoms with Gasteiger partial charge in [-0.15, -0.1) is 4.57 Å². The van der Waals surface area contributed by atoms with Crippen LogP contribution in [0.4, 0.5) is 34.1 Å². The van der Waals surface area contributed by atoms with Crippen molar-refractivity contribution >= 4 is 73.7 Å². The maximum absolute atomic E-state index is 13.0. The number of aryl methyl sites for hydroxylation is 1. The third-order valence-corrected chi connectivity index (χ3v) is 15.0. The molecule has 408 valence electrons. The van der Waals surface area contributed by atoms with E-state index in [0.717, 1.165) is 149 Å². The highest BCUT2D eigenvalue weighted by Gasteiger charge is 2.33. The van der Waals surface area contributed by atoms with E-state index in [9.17, 15) is 9.59 Å². The van der Waals surface area contributed by atoms with Gasteiger partial charge >= 0.3 is 0 Å². The number of carbonyl (C=O) groups excluding carboxylic acids is 2. The summed E-state index contributed by atoms with van der Waals surface area (Å²) in [5, 5.41) is 13.5. The molecule has 0 saturated heterocycles. The van der Waals surface area contributed by atoms with Crippen LogP contribution in [0.25, 0.3) is 38.9 Å². The zero-order chi connectivity index (χ0) is 55.5. The van der Waals surface area contributed by atoms with Crippen LogP contribution in [-0.2, 0) is 0 Å². The summed E-state index contributed by atoms with van der Waals surface area (Å²) < 4.78 is 13.2. The number of anilines is 5. The number of carbonyl (C=O) groups is 2. The number of methoxy groups -OCH3 is 2. The van der Waals surface area contributed by atoms with Crippen molar-refractivity contribution in [3.05, 3.63) is 186 Å². The van der Waals surface area contributed by atoms with Crippen LogP contribution in [-0.4, -0.2) is 69.0 Å². The summed E-state index contributed by atoms with van der Waals surface area (Å²) in [6, 6.07) is 47.7. The Morgan fingerprint density at radius 2 is 1.14 bits per heavy atom. The fourth-order valence-electron chi connectivity index (χ4n) is 10.6. The molecule has 0 saturated carbocycles. The number of unbranched alkanes of at least 4 members (excludes halogenated alkanes) is 6. The minimum Gasteiger partial charge on any atom is -0.495 e. The molecule has 1 unspecified atom stereocenters. The zero-order valence-corrected chi connectivity index (χ0v) is 46.2. The normalized spacial score (nSPS) is 13.6. The molecule has 1 aromatic heterocycles. The zero-order valence-electron chi connectivity index (χ0n) is 46.2. The number of nitrogen functional groups attached to an aromatic ring is 2. The molecule has 1 aliphatic carbocycles. The van der Waals surface area contributed by atoms with Gasteiger partial charge in [-0.2, -0.15) is 0 Å². The van der Waals surface area contributed by atoms with E-state index in [0.29, 0.717) is 47.1 Å². The topological polar surface area (TPSA) is 185 Å². The van der Waals surface area contributed by atoms with Gasteiger partial charge in [-0.25, -0.2) is 9.98 Å². The van der Waals surface area contributed by atoms with Crippen molar-refractivity contribution in [2.45, 2.75) is 71.3 Å². The number of nitrogens with zero attached hydrogens (tertiary/aromatic N) is 4. The summed E-state index contributed by atoms with van der Waals surface area (Å²) in [6.07, 6.45) is 12.4. The fraction of sp³-hybridized carbons (Fsp3) is 0.258.